The second-order valence-corrected chi connectivity index (χ2v) is 20.2. The van der Waals surface area contributed by atoms with E-state index in [9.17, 15) is 58.6 Å². The molecule has 0 aromatic rings. The van der Waals surface area contributed by atoms with Gasteiger partial charge in [0, 0.05) is 19.3 Å². The standard InChI is InChI=1S/C51H86O17P2/c1-3-5-7-9-11-13-15-17-18-19-20-21-22-24-26-28-30-32-34-38-44(53)64-40-43(41-65-70(62,63)68-51-48(57)46(55)47(56)50(49(51)58)67-69(59,60)61)66-45(54)39-35-37-42(52)36-33-31-29-27-25-23-16-14-12-10-8-6-4-2/h11-14,17-18,23,25,29,31,33,36,43,46-51,55-58H,3-10,15-16,19-22,24,26-28,30,32,34-35,37-41H2,1-2H3,(H,62,63)(H2,59,60,61)/b13-11-,14-12-,18-17-,25-23-,31-29-,36-33+/t43-,46?,47?,48?,49?,50-,51+/m1/s1. The predicted octanol–water partition coefficient (Wildman–Crippen LogP) is 9.58. The summed E-state index contributed by atoms with van der Waals surface area (Å²) < 4.78 is 49.2. The first kappa shape index (κ1) is 65.1. The van der Waals surface area contributed by atoms with Crippen molar-refractivity contribution in [2.45, 2.75) is 217 Å². The number of rotatable bonds is 42. The molecule has 1 aliphatic carbocycles. The summed E-state index contributed by atoms with van der Waals surface area (Å²) in [4.78, 5) is 66.8. The van der Waals surface area contributed by atoms with Gasteiger partial charge in [-0.3, -0.25) is 28.0 Å². The van der Waals surface area contributed by atoms with Gasteiger partial charge in [0.25, 0.3) is 0 Å². The van der Waals surface area contributed by atoms with Gasteiger partial charge in [0.05, 0.1) is 6.61 Å². The van der Waals surface area contributed by atoms with Gasteiger partial charge in [0.2, 0.25) is 0 Å². The molecule has 1 aliphatic rings. The number of allylic oxidation sites excluding steroid dienone is 12. The Kier molecular flexibility index (Phi) is 37.7. The van der Waals surface area contributed by atoms with Gasteiger partial charge in [0.1, 0.15) is 43.2 Å². The van der Waals surface area contributed by atoms with Crippen LogP contribution in [0.3, 0.4) is 0 Å². The lowest BCUT2D eigenvalue weighted by atomic mass is 9.85. The van der Waals surface area contributed by atoms with Gasteiger partial charge in [-0.15, -0.1) is 0 Å². The quantitative estimate of drug-likeness (QED) is 0.00748. The zero-order valence-electron chi connectivity index (χ0n) is 41.7. The third kappa shape index (κ3) is 34.5. The molecule has 402 valence electrons. The zero-order valence-corrected chi connectivity index (χ0v) is 43.5. The van der Waals surface area contributed by atoms with Crippen molar-refractivity contribution in [1.29, 1.82) is 0 Å². The molecule has 70 heavy (non-hydrogen) atoms. The van der Waals surface area contributed by atoms with Crippen LogP contribution in [0.4, 0.5) is 0 Å². The minimum Gasteiger partial charge on any atom is -0.462 e. The Balaban J connectivity index is 2.63. The number of phosphoric acid groups is 2. The lowest BCUT2D eigenvalue weighted by Gasteiger charge is -2.43. The number of phosphoric ester groups is 2. The number of hydrogen-bond donors (Lipinski definition) is 7. The van der Waals surface area contributed by atoms with Gasteiger partial charge in [-0.1, -0.05) is 151 Å². The van der Waals surface area contributed by atoms with Crippen LogP contribution in [0.2, 0.25) is 0 Å². The summed E-state index contributed by atoms with van der Waals surface area (Å²) in [6, 6.07) is 0. The fourth-order valence-corrected chi connectivity index (χ4v) is 8.78. The van der Waals surface area contributed by atoms with E-state index in [4.69, 9.17) is 18.5 Å². The van der Waals surface area contributed by atoms with Crippen molar-refractivity contribution < 1.29 is 81.7 Å². The van der Waals surface area contributed by atoms with Crippen LogP contribution in [0.15, 0.2) is 72.9 Å². The molecule has 5 unspecified atom stereocenters. The van der Waals surface area contributed by atoms with Crippen molar-refractivity contribution in [3.05, 3.63) is 72.9 Å². The van der Waals surface area contributed by atoms with E-state index in [1.807, 2.05) is 12.2 Å². The molecule has 0 heterocycles. The summed E-state index contributed by atoms with van der Waals surface area (Å²) in [7, 11) is -10.8. The summed E-state index contributed by atoms with van der Waals surface area (Å²) >= 11 is 0. The average Bonchev–Trinajstić information content (AvgIpc) is 3.31. The second-order valence-electron chi connectivity index (χ2n) is 17.6. The Morgan fingerprint density at radius 2 is 0.971 bits per heavy atom. The Hall–Kier alpha value is -2.89. The zero-order chi connectivity index (χ0) is 51.9. The van der Waals surface area contributed by atoms with E-state index in [0.717, 1.165) is 64.2 Å². The van der Waals surface area contributed by atoms with E-state index in [0.29, 0.717) is 12.8 Å². The lowest BCUT2D eigenvalue weighted by Crippen LogP contribution is -2.64. The van der Waals surface area contributed by atoms with Crippen LogP contribution in [0.1, 0.15) is 174 Å². The van der Waals surface area contributed by atoms with Crippen LogP contribution in [0, 0.1) is 0 Å². The third-order valence-corrected chi connectivity index (χ3v) is 12.7. The molecule has 19 heteroatoms. The Labute approximate surface area is 417 Å². The largest absolute Gasteiger partial charge is 0.472 e. The monoisotopic (exact) mass is 1030 g/mol. The molecule has 0 aromatic heterocycles. The van der Waals surface area contributed by atoms with Gasteiger partial charge in [-0.05, 0) is 76.7 Å². The number of aliphatic hydroxyl groups is 4. The smallest absolute Gasteiger partial charge is 0.462 e. The van der Waals surface area contributed by atoms with Crippen LogP contribution in [-0.2, 0) is 46.6 Å². The topological polar surface area (TPSA) is 273 Å². The molecule has 0 bridgehead atoms. The first-order chi connectivity index (χ1) is 33.5. The summed E-state index contributed by atoms with van der Waals surface area (Å²) in [6.07, 6.45) is 31.3. The van der Waals surface area contributed by atoms with E-state index < -0.39 is 83.5 Å². The van der Waals surface area contributed by atoms with Crippen molar-refractivity contribution in [2.24, 2.45) is 0 Å². The van der Waals surface area contributed by atoms with Gasteiger partial charge < -0.3 is 44.6 Å². The lowest BCUT2D eigenvalue weighted by molar-refractivity contribution is -0.216. The SMILES string of the molecule is CCCCC/C=C\C/C=C\C/C=C\C=C\C(=O)CCCC(=O)O[C@H](COC(=O)CCCCCCCCCCC/C=C\C/C=C\CCCCC)COP(=O)(O)O[C@H]1C(O)C(O)C(O)[C@@H](OP(=O)(O)O)C1O. The first-order valence-electron chi connectivity index (χ1n) is 25.4. The van der Waals surface area contributed by atoms with Gasteiger partial charge in [-0.25, -0.2) is 9.13 Å². The maximum atomic E-state index is 13.0. The fraction of sp³-hybridized carbons (Fsp3) is 0.706. The minimum absolute atomic E-state index is 0.00859. The molecule has 0 spiro atoms. The van der Waals surface area contributed by atoms with Gasteiger partial charge in [0.15, 0.2) is 11.9 Å². The summed E-state index contributed by atoms with van der Waals surface area (Å²) in [5.41, 5.74) is 0. The maximum absolute atomic E-state index is 13.0. The van der Waals surface area contributed by atoms with Crippen molar-refractivity contribution in [3.63, 3.8) is 0 Å². The molecule has 0 saturated heterocycles. The van der Waals surface area contributed by atoms with Crippen LogP contribution in [-0.4, -0.2) is 109 Å². The van der Waals surface area contributed by atoms with Gasteiger partial charge >= 0.3 is 27.6 Å². The molecule has 17 nitrogen and oxygen atoms in total. The number of hydrogen-bond acceptors (Lipinski definition) is 14. The summed E-state index contributed by atoms with van der Waals surface area (Å²) in [5, 5.41) is 41.3. The van der Waals surface area contributed by atoms with Crippen LogP contribution >= 0.6 is 15.6 Å². The molecule has 1 fully saturated rings. The van der Waals surface area contributed by atoms with E-state index in [1.54, 1.807) is 12.2 Å². The number of aliphatic hydroxyl groups excluding tert-OH is 4. The Morgan fingerprint density at radius 3 is 1.51 bits per heavy atom. The van der Waals surface area contributed by atoms with Crippen LogP contribution in [0.5, 0.6) is 0 Å². The van der Waals surface area contributed by atoms with Crippen molar-refractivity contribution in [1.82, 2.24) is 0 Å². The van der Waals surface area contributed by atoms with Crippen molar-refractivity contribution >= 4 is 33.4 Å². The van der Waals surface area contributed by atoms with Crippen molar-refractivity contribution in [2.75, 3.05) is 13.2 Å². The highest BCUT2D eigenvalue weighted by Crippen LogP contribution is 2.49. The van der Waals surface area contributed by atoms with Gasteiger partial charge in [-0.2, -0.15) is 0 Å². The maximum Gasteiger partial charge on any atom is 0.472 e. The highest BCUT2D eigenvalue weighted by atomic mass is 31.2. The van der Waals surface area contributed by atoms with E-state index in [2.05, 4.69) is 60.9 Å². The van der Waals surface area contributed by atoms with Crippen LogP contribution < -0.4 is 0 Å². The molecule has 0 radical (unpaired) electrons. The molecule has 0 aromatic carbocycles. The molecule has 1 rings (SSSR count). The number of carbonyl (C=O) groups is 3. The molecular weight excluding hydrogens is 946 g/mol. The Bertz CT molecular complexity index is 1690. The number of unbranched alkanes of at least 4 members (excludes halogenated alkanes) is 15. The highest BCUT2D eigenvalue weighted by Gasteiger charge is 2.54. The molecule has 0 aliphatic heterocycles. The van der Waals surface area contributed by atoms with Crippen LogP contribution in [0.25, 0.3) is 0 Å². The number of ether oxygens (including phenoxy) is 2. The second kappa shape index (κ2) is 40.6. The molecular formula is C51H86O17P2. The molecule has 1 saturated carbocycles. The minimum atomic E-state index is -5.40. The fourth-order valence-electron chi connectivity index (χ4n) is 7.24. The van der Waals surface area contributed by atoms with E-state index in [-0.39, 0.29) is 31.5 Å². The number of carbonyl (C=O) groups excluding carboxylic acids is 3. The average molecular weight is 1030 g/mol. The van der Waals surface area contributed by atoms with Crippen molar-refractivity contribution in [3.8, 4) is 0 Å². The summed E-state index contributed by atoms with van der Waals surface area (Å²) in [5.74, 6) is -1.71. The first-order valence-corrected chi connectivity index (χ1v) is 28.5. The molecule has 0 amide bonds. The molecule has 7 N–H and O–H groups in total. The molecule has 8 atom stereocenters. The number of ketones is 1. The van der Waals surface area contributed by atoms with E-state index >= 15 is 0 Å². The number of esters is 2. The Morgan fingerprint density at radius 1 is 0.500 bits per heavy atom. The summed E-state index contributed by atoms with van der Waals surface area (Å²) in [6.45, 7) is 2.86. The normalized spacial score (nSPS) is 21.5. The third-order valence-electron chi connectivity index (χ3n) is 11.2. The predicted molar refractivity (Wildman–Crippen MR) is 269 cm³/mol. The van der Waals surface area contributed by atoms with E-state index in [1.165, 1.54) is 63.9 Å². The highest BCUT2D eigenvalue weighted by molar-refractivity contribution is 7.47.